The van der Waals surface area contributed by atoms with E-state index in [1.54, 1.807) is 7.05 Å². The second-order valence-electron chi connectivity index (χ2n) is 5.37. The van der Waals surface area contributed by atoms with Gasteiger partial charge in [-0.3, -0.25) is 13.9 Å². The van der Waals surface area contributed by atoms with Crippen LogP contribution in [0.4, 0.5) is 0 Å². The van der Waals surface area contributed by atoms with Gasteiger partial charge in [0.2, 0.25) is 0 Å². The molecule has 0 amide bonds. The van der Waals surface area contributed by atoms with E-state index in [9.17, 15) is 9.59 Å². The van der Waals surface area contributed by atoms with Crippen molar-refractivity contribution < 1.29 is 4.74 Å². The Balaban J connectivity index is 1.98. The van der Waals surface area contributed by atoms with Crippen LogP contribution in [0.5, 0.6) is 0 Å². The van der Waals surface area contributed by atoms with Gasteiger partial charge in [0.05, 0.1) is 6.10 Å². The topological polar surface area (TPSA) is 65.3 Å². The number of nitrogens with one attached hydrogen (secondary N) is 1. The number of ether oxygens (including phenoxy) is 1. The Morgan fingerprint density at radius 1 is 1.35 bits per heavy atom. The van der Waals surface area contributed by atoms with Crippen molar-refractivity contribution in [1.82, 2.24) is 14.5 Å². The van der Waals surface area contributed by atoms with Gasteiger partial charge in [-0.05, 0) is 18.8 Å². The molecule has 6 heteroatoms. The Kier molecular flexibility index (Phi) is 4.77. The second-order valence-corrected chi connectivity index (χ2v) is 5.37. The average molecular weight is 281 g/mol. The molecule has 2 unspecified atom stereocenters. The van der Waals surface area contributed by atoms with Gasteiger partial charge in [-0.1, -0.05) is 6.92 Å². The first kappa shape index (κ1) is 15.0. The van der Waals surface area contributed by atoms with Crippen LogP contribution in [0.25, 0.3) is 0 Å². The third kappa shape index (κ3) is 3.02. The Hall–Kier alpha value is -1.40. The largest absolute Gasteiger partial charge is 0.378 e. The fourth-order valence-corrected chi connectivity index (χ4v) is 2.71. The van der Waals surface area contributed by atoms with Crippen LogP contribution in [-0.2, 0) is 25.4 Å². The summed E-state index contributed by atoms with van der Waals surface area (Å²) in [5, 5.41) is 3.33. The number of hydrogen-bond donors (Lipinski definition) is 1. The highest BCUT2D eigenvalue weighted by Crippen LogP contribution is 2.22. The molecule has 1 N–H and O–H groups in total. The van der Waals surface area contributed by atoms with E-state index in [2.05, 4.69) is 12.2 Å². The molecule has 1 saturated heterocycles. The lowest BCUT2D eigenvalue weighted by molar-refractivity contribution is 0.0872. The summed E-state index contributed by atoms with van der Waals surface area (Å²) >= 11 is 0. The van der Waals surface area contributed by atoms with Gasteiger partial charge in [0.15, 0.2) is 0 Å². The first-order chi connectivity index (χ1) is 9.54. The van der Waals surface area contributed by atoms with Gasteiger partial charge in [-0.15, -0.1) is 0 Å². The van der Waals surface area contributed by atoms with Crippen molar-refractivity contribution in [3.8, 4) is 0 Å². The molecule has 20 heavy (non-hydrogen) atoms. The predicted octanol–water partition coefficient (Wildman–Crippen LogP) is -0.0113. The highest BCUT2D eigenvalue weighted by molar-refractivity contribution is 5.01. The lowest BCUT2D eigenvalue weighted by atomic mass is 10.00. The molecule has 0 bridgehead atoms. The summed E-state index contributed by atoms with van der Waals surface area (Å²) < 4.78 is 8.27. The Morgan fingerprint density at radius 2 is 2.10 bits per heavy atom. The lowest BCUT2D eigenvalue weighted by Crippen LogP contribution is -2.39. The van der Waals surface area contributed by atoms with Crippen molar-refractivity contribution >= 4 is 0 Å². The Bertz CT molecular complexity index is 576. The fraction of sp³-hybridized carbons (Fsp3) is 0.714. The van der Waals surface area contributed by atoms with Crippen molar-refractivity contribution in [2.45, 2.75) is 32.4 Å². The zero-order chi connectivity index (χ0) is 14.7. The minimum atomic E-state index is -0.287. The van der Waals surface area contributed by atoms with Crippen LogP contribution in [0, 0.1) is 5.92 Å². The maximum Gasteiger partial charge on any atom is 0.330 e. The summed E-state index contributed by atoms with van der Waals surface area (Å²) in [6, 6.07) is 1.51. The molecule has 2 heterocycles. The van der Waals surface area contributed by atoms with E-state index in [4.69, 9.17) is 4.74 Å². The van der Waals surface area contributed by atoms with Crippen molar-refractivity contribution in [3.05, 3.63) is 32.6 Å². The molecule has 1 aromatic heterocycles. The SMILES string of the molecule is CCC1OCCC1CNCc1cc(=O)n(C)c(=O)n1C. The summed E-state index contributed by atoms with van der Waals surface area (Å²) in [5.74, 6) is 0.517. The molecule has 0 spiro atoms. The molecule has 1 aliphatic rings. The van der Waals surface area contributed by atoms with Crippen LogP contribution in [0.1, 0.15) is 25.5 Å². The van der Waals surface area contributed by atoms with Gasteiger partial charge in [-0.25, -0.2) is 4.79 Å². The first-order valence-corrected chi connectivity index (χ1v) is 7.12. The average Bonchev–Trinajstić information content (AvgIpc) is 2.89. The Morgan fingerprint density at radius 3 is 2.80 bits per heavy atom. The normalized spacial score (nSPS) is 22.4. The van der Waals surface area contributed by atoms with Gasteiger partial charge < -0.3 is 10.1 Å². The first-order valence-electron chi connectivity index (χ1n) is 7.12. The maximum atomic E-state index is 11.8. The minimum absolute atomic E-state index is 0.263. The van der Waals surface area contributed by atoms with Crippen molar-refractivity contribution in [3.63, 3.8) is 0 Å². The minimum Gasteiger partial charge on any atom is -0.378 e. The number of hydrogen-bond acceptors (Lipinski definition) is 4. The van der Waals surface area contributed by atoms with Crippen LogP contribution in [0.3, 0.4) is 0 Å². The molecule has 2 rings (SSSR count). The fourth-order valence-electron chi connectivity index (χ4n) is 2.71. The molecular formula is C14H23N3O3. The van der Waals surface area contributed by atoms with Gasteiger partial charge in [0.1, 0.15) is 0 Å². The molecular weight excluding hydrogens is 258 g/mol. The van der Waals surface area contributed by atoms with Crippen LogP contribution >= 0.6 is 0 Å². The van der Waals surface area contributed by atoms with Crippen molar-refractivity contribution in [2.24, 2.45) is 20.0 Å². The van der Waals surface area contributed by atoms with E-state index >= 15 is 0 Å². The summed E-state index contributed by atoms with van der Waals surface area (Å²) in [4.78, 5) is 23.4. The van der Waals surface area contributed by atoms with Gasteiger partial charge in [-0.2, -0.15) is 0 Å². The second kappa shape index (κ2) is 6.37. The summed E-state index contributed by atoms with van der Waals surface area (Å²) in [6.45, 7) is 4.33. The van der Waals surface area contributed by atoms with E-state index in [0.29, 0.717) is 24.3 Å². The van der Waals surface area contributed by atoms with Gasteiger partial charge in [0.25, 0.3) is 5.56 Å². The quantitative estimate of drug-likeness (QED) is 0.824. The molecule has 0 aromatic carbocycles. The van der Waals surface area contributed by atoms with E-state index < -0.39 is 0 Å². The molecule has 1 aromatic rings. The van der Waals surface area contributed by atoms with Crippen LogP contribution < -0.4 is 16.6 Å². The third-order valence-corrected chi connectivity index (χ3v) is 4.09. The standard InChI is InChI=1S/C14H23N3O3/c1-4-12-10(5-6-20-12)8-15-9-11-7-13(18)17(3)14(19)16(11)2/h7,10,12,15H,4-6,8-9H2,1-3H3. The number of rotatable bonds is 5. The third-order valence-electron chi connectivity index (χ3n) is 4.09. The van der Waals surface area contributed by atoms with Crippen LogP contribution in [-0.4, -0.2) is 28.4 Å². The molecule has 0 saturated carbocycles. The smallest absolute Gasteiger partial charge is 0.330 e. The lowest BCUT2D eigenvalue weighted by Gasteiger charge is -2.18. The van der Waals surface area contributed by atoms with Gasteiger partial charge in [0, 0.05) is 45.6 Å². The van der Waals surface area contributed by atoms with Crippen molar-refractivity contribution in [2.75, 3.05) is 13.2 Å². The molecule has 6 nitrogen and oxygen atoms in total. The van der Waals surface area contributed by atoms with Crippen LogP contribution in [0.2, 0.25) is 0 Å². The van der Waals surface area contributed by atoms with E-state index in [1.807, 2.05) is 0 Å². The zero-order valence-corrected chi connectivity index (χ0v) is 12.4. The summed E-state index contributed by atoms with van der Waals surface area (Å²) in [7, 11) is 3.18. The van der Waals surface area contributed by atoms with E-state index in [0.717, 1.165) is 30.6 Å². The monoisotopic (exact) mass is 281 g/mol. The predicted molar refractivity (Wildman–Crippen MR) is 76.8 cm³/mol. The van der Waals surface area contributed by atoms with E-state index in [1.165, 1.54) is 17.7 Å². The molecule has 1 fully saturated rings. The molecule has 112 valence electrons. The zero-order valence-electron chi connectivity index (χ0n) is 12.4. The molecule has 1 aliphatic heterocycles. The number of nitrogens with zero attached hydrogens (tertiary/aromatic N) is 2. The molecule has 0 aliphatic carbocycles. The van der Waals surface area contributed by atoms with E-state index in [-0.39, 0.29) is 11.2 Å². The van der Waals surface area contributed by atoms with Crippen LogP contribution in [0.15, 0.2) is 15.7 Å². The van der Waals surface area contributed by atoms with Gasteiger partial charge >= 0.3 is 5.69 Å². The van der Waals surface area contributed by atoms with Crippen molar-refractivity contribution in [1.29, 1.82) is 0 Å². The number of aromatic nitrogens is 2. The summed E-state index contributed by atoms with van der Waals surface area (Å²) in [5.41, 5.74) is 0.163. The highest BCUT2D eigenvalue weighted by Gasteiger charge is 2.26. The maximum absolute atomic E-state index is 11.8. The Labute approximate surface area is 118 Å². The highest BCUT2D eigenvalue weighted by atomic mass is 16.5. The molecule has 2 atom stereocenters. The summed E-state index contributed by atoms with van der Waals surface area (Å²) in [6.07, 6.45) is 2.42. The molecule has 0 radical (unpaired) electrons.